The van der Waals surface area contributed by atoms with Gasteiger partial charge in [0.05, 0.1) is 18.9 Å². The Morgan fingerprint density at radius 2 is 2.16 bits per heavy atom. The molecule has 5 heteroatoms. The van der Waals surface area contributed by atoms with Gasteiger partial charge >= 0.3 is 0 Å². The molecule has 1 atom stereocenters. The molecule has 0 fully saturated rings. The molecule has 1 aromatic carbocycles. The number of aliphatic hydroxyl groups is 1. The Labute approximate surface area is 110 Å². The number of hydrogen-bond acceptors (Lipinski definition) is 4. The Kier molecular flexibility index (Phi) is 4.06. The topological polar surface area (TPSA) is 55.2 Å². The molecule has 0 saturated carbocycles. The Morgan fingerprint density at radius 1 is 1.37 bits per heavy atom. The maximum Gasteiger partial charge on any atom is 0.216 e. The van der Waals surface area contributed by atoms with Crippen molar-refractivity contribution in [3.05, 3.63) is 53.2 Å². The van der Waals surface area contributed by atoms with Crippen LogP contribution in [-0.4, -0.2) is 22.2 Å². The van der Waals surface area contributed by atoms with Crippen LogP contribution < -0.4 is 4.74 Å². The minimum atomic E-state index is -0.945. The Hall–Kier alpha value is -2.01. The molecule has 2 aromatic rings. The average molecular weight is 262 g/mol. The molecule has 1 heterocycles. The molecule has 1 aromatic heterocycles. The van der Waals surface area contributed by atoms with Gasteiger partial charge in [0.2, 0.25) is 5.88 Å². The third-order valence-corrected chi connectivity index (χ3v) is 2.89. The van der Waals surface area contributed by atoms with Crippen LogP contribution in [0.25, 0.3) is 0 Å². The highest BCUT2D eigenvalue weighted by Crippen LogP contribution is 2.23. The van der Waals surface area contributed by atoms with Crippen LogP contribution in [-0.2, 0) is 6.42 Å². The first-order chi connectivity index (χ1) is 9.11. The quantitative estimate of drug-likeness (QED) is 0.917. The molecule has 0 amide bonds. The first-order valence-electron chi connectivity index (χ1n) is 5.90. The second kappa shape index (κ2) is 5.75. The van der Waals surface area contributed by atoms with E-state index < -0.39 is 6.10 Å². The standard InChI is InChI=1S/C14H15FN2O2/c1-9-4-3-5-11(14(9)15)12(18)6-10-7-13(19-2)17-8-16-10/h3-5,7-8,12,18H,6H2,1-2H3. The molecule has 100 valence electrons. The zero-order chi connectivity index (χ0) is 13.8. The van der Waals surface area contributed by atoms with E-state index in [4.69, 9.17) is 4.74 Å². The van der Waals surface area contributed by atoms with Crippen molar-refractivity contribution in [1.82, 2.24) is 9.97 Å². The SMILES string of the molecule is COc1cc(CC(O)c2cccc(C)c2F)ncn1. The average Bonchev–Trinajstić information content (AvgIpc) is 2.42. The summed E-state index contributed by atoms with van der Waals surface area (Å²) in [5.41, 5.74) is 1.38. The first kappa shape index (κ1) is 13.4. The summed E-state index contributed by atoms with van der Waals surface area (Å²) < 4.78 is 18.9. The largest absolute Gasteiger partial charge is 0.481 e. The van der Waals surface area contributed by atoms with Gasteiger partial charge in [-0.15, -0.1) is 0 Å². The number of halogens is 1. The Bertz CT molecular complexity index is 575. The number of ether oxygens (including phenoxy) is 1. The van der Waals surface area contributed by atoms with Gasteiger partial charge in [0, 0.05) is 18.1 Å². The highest BCUT2D eigenvalue weighted by Gasteiger charge is 2.15. The Balaban J connectivity index is 2.20. The fourth-order valence-electron chi connectivity index (χ4n) is 1.84. The normalized spacial score (nSPS) is 12.2. The van der Waals surface area contributed by atoms with Crippen LogP contribution in [0.15, 0.2) is 30.6 Å². The van der Waals surface area contributed by atoms with E-state index in [9.17, 15) is 9.50 Å². The summed E-state index contributed by atoms with van der Waals surface area (Å²) in [7, 11) is 1.50. The van der Waals surface area contributed by atoms with Crippen molar-refractivity contribution in [1.29, 1.82) is 0 Å². The molecule has 0 aliphatic rings. The summed E-state index contributed by atoms with van der Waals surface area (Å²) in [6.45, 7) is 1.67. The highest BCUT2D eigenvalue weighted by molar-refractivity contribution is 5.27. The molecule has 2 rings (SSSR count). The van der Waals surface area contributed by atoms with Gasteiger partial charge in [-0.1, -0.05) is 18.2 Å². The van der Waals surface area contributed by atoms with Crippen LogP contribution in [0.1, 0.15) is 22.9 Å². The number of aliphatic hydroxyl groups excluding tert-OH is 1. The van der Waals surface area contributed by atoms with E-state index in [0.29, 0.717) is 17.1 Å². The van der Waals surface area contributed by atoms with E-state index >= 15 is 0 Å². The zero-order valence-electron chi connectivity index (χ0n) is 10.8. The second-order valence-electron chi connectivity index (χ2n) is 4.25. The maximum absolute atomic E-state index is 13.9. The van der Waals surface area contributed by atoms with Gasteiger partial charge in [-0.3, -0.25) is 0 Å². The fourth-order valence-corrected chi connectivity index (χ4v) is 1.84. The lowest BCUT2D eigenvalue weighted by Gasteiger charge is -2.13. The van der Waals surface area contributed by atoms with Crippen molar-refractivity contribution < 1.29 is 14.2 Å². The number of rotatable bonds is 4. The van der Waals surface area contributed by atoms with E-state index in [-0.39, 0.29) is 17.8 Å². The van der Waals surface area contributed by atoms with Gasteiger partial charge in [0.25, 0.3) is 0 Å². The molecular weight excluding hydrogens is 247 g/mol. The second-order valence-corrected chi connectivity index (χ2v) is 4.25. The molecule has 0 bridgehead atoms. The summed E-state index contributed by atoms with van der Waals surface area (Å²) >= 11 is 0. The van der Waals surface area contributed by atoms with E-state index in [2.05, 4.69) is 9.97 Å². The monoisotopic (exact) mass is 262 g/mol. The predicted octanol–water partition coefficient (Wildman–Crippen LogP) is 2.21. The van der Waals surface area contributed by atoms with E-state index in [1.165, 1.54) is 13.4 Å². The first-order valence-corrected chi connectivity index (χ1v) is 5.90. The molecule has 0 aliphatic carbocycles. The van der Waals surface area contributed by atoms with Crippen LogP contribution in [0.5, 0.6) is 5.88 Å². The number of aromatic nitrogens is 2. The van der Waals surface area contributed by atoms with Crippen molar-refractivity contribution in [2.75, 3.05) is 7.11 Å². The fraction of sp³-hybridized carbons (Fsp3) is 0.286. The third kappa shape index (κ3) is 3.06. The molecule has 0 saturated heterocycles. The number of hydrogen-bond donors (Lipinski definition) is 1. The van der Waals surface area contributed by atoms with Gasteiger partial charge in [-0.2, -0.15) is 0 Å². The van der Waals surface area contributed by atoms with Crippen LogP contribution in [0, 0.1) is 12.7 Å². The van der Waals surface area contributed by atoms with Crippen LogP contribution in [0.4, 0.5) is 4.39 Å². The molecule has 19 heavy (non-hydrogen) atoms. The summed E-state index contributed by atoms with van der Waals surface area (Å²) in [5, 5.41) is 10.1. The van der Waals surface area contributed by atoms with E-state index in [1.807, 2.05) is 0 Å². The minimum absolute atomic E-state index is 0.208. The zero-order valence-corrected chi connectivity index (χ0v) is 10.8. The summed E-state index contributed by atoms with van der Waals surface area (Å²) in [6.07, 6.45) is 0.617. The maximum atomic E-state index is 13.9. The lowest BCUT2D eigenvalue weighted by atomic mass is 10.0. The number of methoxy groups -OCH3 is 1. The van der Waals surface area contributed by atoms with Gasteiger partial charge in [0.15, 0.2) is 0 Å². The van der Waals surface area contributed by atoms with Crippen molar-refractivity contribution in [2.45, 2.75) is 19.4 Å². The van der Waals surface area contributed by atoms with Gasteiger partial charge in [-0.05, 0) is 12.5 Å². The van der Waals surface area contributed by atoms with Crippen molar-refractivity contribution in [3.63, 3.8) is 0 Å². The number of aryl methyl sites for hydroxylation is 1. The van der Waals surface area contributed by atoms with Crippen molar-refractivity contribution in [3.8, 4) is 5.88 Å². The smallest absolute Gasteiger partial charge is 0.216 e. The van der Waals surface area contributed by atoms with Gasteiger partial charge in [0.1, 0.15) is 12.1 Å². The predicted molar refractivity (Wildman–Crippen MR) is 68.4 cm³/mol. The lowest BCUT2D eigenvalue weighted by molar-refractivity contribution is 0.172. The van der Waals surface area contributed by atoms with Crippen molar-refractivity contribution >= 4 is 0 Å². The molecule has 0 spiro atoms. The third-order valence-electron chi connectivity index (χ3n) is 2.89. The highest BCUT2D eigenvalue weighted by atomic mass is 19.1. The molecule has 1 N–H and O–H groups in total. The van der Waals surface area contributed by atoms with Crippen LogP contribution in [0.2, 0.25) is 0 Å². The number of nitrogens with zero attached hydrogens (tertiary/aromatic N) is 2. The molecule has 0 radical (unpaired) electrons. The summed E-state index contributed by atoms with van der Waals surface area (Å²) in [5.74, 6) is 0.0398. The summed E-state index contributed by atoms with van der Waals surface area (Å²) in [4.78, 5) is 7.91. The van der Waals surface area contributed by atoms with Crippen LogP contribution in [0.3, 0.4) is 0 Å². The van der Waals surface area contributed by atoms with Gasteiger partial charge in [-0.25, -0.2) is 14.4 Å². The number of benzene rings is 1. The van der Waals surface area contributed by atoms with Gasteiger partial charge < -0.3 is 9.84 Å². The molecule has 0 aliphatic heterocycles. The van der Waals surface area contributed by atoms with Crippen LogP contribution >= 0.6 is 0 Å². The summed E-state index contributed by atoms with van der Waals surface area (Å²) in [6, 6.07) is 6.58. The van der Waals surface area contributed by atoms with E-state index in [0.717, 1.165) is 0 Å². The molecule has 4 nitrogen and oxygen atoms in total. The van der Waals surface area contributed by atoms with E-state index in [1.54, 1.807) is 31.2 Å². The Morgan fingerprint density at radius 3 is 2.89 bits per heavy atom. The van der Waals surface area contributed by atoms with Crippen molar-refractivity contribution in [2.24, 2.45) is 0 Å². The molecule has 1 unspecified atom stereocenters. The molecular formula is C14H15FN2O2. The minimum Gasteiger partial charge on any atom is -0.481 e. The lowest BCUT2D eigenvalue weighted by Crippen LogP contribution is -2.07.